The molecule has 5 heteroatoms. The summed E-state index contributed by atoms with van der Waals surface area (Å²) in [6.45, 7) is 2.04. The molecule has 0 aliphatic heterocycles. The van der Waals surface area contributed by atoms with Gasteiger partial charge in [-0.15, -0.1) is 0 Å². The number of benzene rings is 1. The van der Waals surface area contributed by atoms with Crippen LogP contribution in [0.15, 0.2) is 18.2 Å². The van der Waals surface area contributed by atoms with Gasteiger partial charge < -0.3 is 10.5 Å². The highest BCUT2D eigenvalue weighted by Crippen LogP contribution is 2.37. The molecule has 1 aromatic carbocycles. The van der Waals surface area contributed by atoms with Crippen LogP contribution in [0.25, 0.3) is 11.1 Å². The monoisotopic (exact) mass is 251 g/mol. The summed E-state index contributed by atoms with van der Waals surface area (Å²) in [5.74, 6) is 1.19. The third-order valence-corrected chi connectivity index (χ3v) is 2.89. The quantitative estimate of drug-likeness (QED) is 0.882. The van der Waals surface area contributed by atoms with Crippen molar-refractivity contribution in [3.8, 4) is 16.9 Å². The lowest BCUT2D eigenvalue weighted by Gasteiger charge is -2.09. The number of nitrogens with zero attached hydrogens (tertiary/aromatic N) is 1. The van der Waals surface area contributed by atoms with Crippen molar-refractivity contribution in [2.45, 2.75) is 13.3 Å². The molecule has 0 spiro atoms. The summed E-state index contributed by atoms with van der Waals surface area (Å²) < 4.78 is 5.32. The number of aromatic amines is 1. The third kappa shape index (κ3) is 2.08. The van der Waals surface area contributed by atoms with Gasteiger partial charge in [-0.2, -0.15) is 5.10 Å². The fraction of sp³-hybridized carbons (Fsp3) is 0.250. The Balaban J connectivity index is 2.66. The van der Waals surface area contributed by atoms with Gasteiger partial charge in [0.1, 0.15) is 5.75 Å². The minimum atomic E-state index is 0.461. The lowest BCUT2D eigenvalue weighted by Crippen LogP contribution is -1.93. The number of nitrogens with two attached hydrogens (primary N) is 1. The number of rotatable bonds is 3. The molecule has 1 heterocycles. The number of hydrogen-bond acceptors (Lipinski definition) is 3. The maximum absolute atomic E-state index is 6.01. The molecule has 17 heavy (non-hydrogen) atoms. The van der Waals surface area contributed by atoms with Crippen molar-refractivity contribution in [2.75, 3.05) is 12.8 Å². The van der Waals surface area contributed by atoms with Crippen molar-refractivity contribution in [3.63, 3.8) is 0 Å². The van der Waals surface area contributed by atoms with Gasteiger partial charge in [0.15, 0.2) is 5.82 Å². The van der Waals surface area contributed by atoms with Crippen molar-refractivity contribution >= 4 is 17.4 Å². The lowest BCUT2D eigenvalue weighted by molar-refractivity contribution is 0.416. The van der Waals surface area contributed by atoms with E-state index in [1.807, 2.05) is 19.1 Å². The molecule has 90 valence electrons. The maximum atomic E-state index is 6.01. The molecule has 1 aromatic heterocycles. The van der Waals surface area contributed by atoms with Gasteiger partial charge in [0, 0.05) is 16.3 Å². The van der Waals surface area contributed by atoms with Gasteiger partial charge in [0.05, 0.1) is 12.7 Å². The van der Waals surface area contributed by atoms with Crippen molar-refractivity contribution in [2.24, 2.45) is 0 Å². The Morgan fingerprint density at radius 1 is 1.47 bits per heavy atom. The van der Waals surface area contributed by atoms with Crippen LogP contribution in [0, 0.1) is 0 Å². The van der Waals surface area contributed by atoms with Gasteiger partial charge in [0.2, 0.25) is 0 Å². The van der Waals surface area contributed by atoms with E-state index in [9.17, 15) is 0 Å². The molecule has 0 bridgehead atoms. The molecular weight excluding hydrogens is 238 g/mol. The summed E-state index contributed by atoms with van der Waals surface area (Å²) in [5, 5.41) is 7.58. The fourth-order valence-electron chi connectivity index (χ4n) is 1.83. The van der Waals surface area contributed by atoms with Crippen LogP contribution in [-0.4, -0.2) is 17.3 Å². The number of hydrogen-bond donors (Lipinski definition) is 2. The molecule has 0 fully saturated rings. The average molecular weight is 252 g/mol. The zero-order valence-electron chi connectivity index (χ0n) is 9.75. The second-order valence-corrected chi connectivity index (χ2v) is 4.10. The number of halogens is 1. The van der Waals surface area contributed by atoms with Crippen LogP contribution in [0.5, 0.6) is 5.75 Å². The van der Waals surface area contributed by atoms with Crippen LogP contribution in [0.1, 0.15) is 12.6 Å². The van der Waals surface area contributed by atoms with Gasteiger partial charge in [-0.05, 0) is 24.6 Å². The lowest BCUT2D eigenvalue weighted by atomic mass is 10.0. The Morgan fingerprint density at radius 3 is 2.88 bits per heavy atom. The highest BCUT2D eigenvalue weighted by molar-refractivity contribution is 6.31. The van der Waals surface area contributed by atoms with Gasteiger partial charge in [-0.3, -0.25) is 5.10 Å². The summed E-state index contributed by atoms with van der Waals surface area (Å²) >= 11 is 6.01. The molecule has 0 saturated heterocycles. The molecule has 0 aliphatic rings. The minimum Gasteiger partial charge on any atom is -0.496 e. The number of ether oxygens (including phenoxy) is 1. The predicted octanol–water partition coefficient (Wildman–Crippen LogP) is 2.88. The summed E-state index contributed by atoms with van der Waals surface area (Å²) in [6, 6.07) is 5.44. The van der Waals surface area contributed by atoms with Crippen molar-refractivity contribution in [1.82, 2.24) is 10.2 Å². The van der Waals surface area contributed by atoms with Gasteiger partial charge >= 0.3 is 0 Å². The number of anilines is 1. The maximum Gasteiger partial charge on any atom is 0.153 e. The zero-order chi connectivity index (χ0) is 12.4. The summed E-state index contributed by atoms with van der Waals surface area (Å²) in [7, 11) is 1.62. The van der Waals surface area contributed by atoms with E-state index < -0.39 is 0 Å². The van der Waals surface area contributed by atoms with E-state index in [1.165, 1.54) is 0 Å². The van der Waals surface area contributed by atoms with E-state index >= 15 is 0 Å². The van der Waals surface area contributed by atoms with Crippen LogP contribution in [0.4, 0.5) is 5.82 Å². The second-order valence-electron chi connectivity index (χ2n) is 3.66. The third-order valence-electron chi connectivity index (χ3n) is 2.65. The smallest absolute Gasteiger partial charge is 0.153 e. The van der Waals surface area contributed by atoms with Gasteiger partial charge in [-0.1, -0.05) is 18.5 Å². The highest BCUT2D eigenvalue weighted by Gasteiger charge is 2.16. The number of nitrogens with one attached hydrogen (secondary N) is 1. The Bertz CT molecular complexity index is 537. The first kappa shape index (κ1) is 11.8. The molecule has 0 unspecified atom stereocenters. The van der Waals surface area contributed by atoms with Crippen LogP contribution in [0.3, 0.4) is 0 Å². The van der Waals surface area contributed by atoms with E-state index in [1.54, 1.807) is 13.2 Å². The van der Waals surface area contributed by atoms with Crippen LogP contribution >= 0.6 is 11.6 Å². The normalized spacial score (nSPS) is 10.5. The summed E-state index contributed by atoms with van der Waals surface area (Å²) in [5.41, 5.74) is 8.59. The first-order chi connectivity index (χ1) is 8.17. The highest BCUT2D eigenvalue weighted by atomic mass is 35.5. The van der Waals surface area contributed by atoms with E-state index in [2.05, 4.69) is 10.2 Å². The van der Waals surface area contributed by atoms with Crippen LogP contribution in [0.2, 0.25) is 5.02 Å². The molecule has 0 atom stereocenters. The van der Waals surface area contributed by atoms with Crippen molar-refractivity contribution in [3.05, 3.63) is 28.9 Å². The number of methoxy groups -OCH3 is 1. The molecular formula is C12H14ClN3O. The largest absolute Gasteiger partial charge is 0.496 e. The second kappa shape index (κ2) is 4.67. The fourth-order valence-corrected chi connectivity index (χ4v) is 2.00. The van der Waals surface area contributed by atoms with Crippen molar-refractivity contribution in [1.29, 1.82) is 0 Å². The average Bonchev–Trinajstić information content (AvgIpc) is 2.70. The number of aryl methyl sites for hydroxylation is 1. The SMILES string of the molecule is CCc1[nH]nc(N)c1-c1cc(Cl)ccc1OC. The standard InChI is InChI=1S/C12H14ClN3O/c1-3-9-11(12(14)16-15-9)8-6-7(13)4-5-10(8)17-2/h4-6H,3H2,1-2H3,(H3,14,15,16). The first-order valence-corrected chi connectivity index (χ1v) is 5.71. The molecule has 0 aliphatic carbocycles. The Labute approximate surface area is 105 Å². The molecule has 2 aromatic rings. The van der Waals surface area contributed by atoms with E-state index in [0.29, 0.717) is 10.8 Å². The number of aromatic nitrogens is 2. The predicted molar refractivity (Wildman–Crippen MR) is 69.4 cm³/mol. The minimum absolute atomic E-state index is 0.461. The molecule has 0 radical (unpaired) electrons. The van der Waals surface area contributed by atoms with E-state index in [-0.39, 0.29) is 0 Å². The number of nitrogen functional groups attached to an aromatic ring is 1. The Hall–Kier alpha value is -1.68. The number of H-pyrrole nitrogens is 1. The molecule has 0 amide bonds. The Kier molecular flexibility index (Phi) is 3.24. The van der Waals surface area contributed by atoms with E-state index in [0.717, 1.165) is 29.0 Å². The van der Waals surface area contributed by atoms with Crippen molar-refractivity contribution < 1.29 is 4.74 Å². The van der Waals surface area contributed by atoms with Crippen LogP contribution in [-0.2, 0) is 6.42 Å². The van der Waals surface area contributed by atoms with Gasteiger partial charge in [-0.25, -0.2) is 0 Å². The summed E-state index contributed by atoms with van der Waals surface area (Å²) in [6.07, 6.45) is 0.815. The molecule has 4 nitrogen and oxygen atoms in total. The topological polar surface area (TPSA) is 63.9 Å². The molecule has 2 rings (SSSR count). The Morgan fingerprint density at radius 2 is 2.24 bits per heavy atom. The summed E-state index contributed by atoms with van der Waals surface area (Å²) in [4.78, 5) is 0. The van der Waals surface area contributed by atoms with Gasteiger partial charge in [0.25, 0.3) is 0 Å². The molecule has 3 N–H and O–H groups in total. The first-order valence-electron chi connectivity index (χ1n) is 5.34. The molecule has 0 saturated carbocycles. The van der Waals surface area contributed by atoms with Crippen LogP contribution < -0.4 is 10.5 Å². The van der Waals surface area contributed by atoms with E-state index in [4.69, 9.17) is 22.1 Å². The zero-order valence-corrected chi connectivity index (χ0v) is 10.5.